The lowest BCUT2D eigenvalue weighted by Gasteiger charge is -2.38. The highest BCUT2D eigenvalue weighted by molar-refractivity contribution is 5.77. The fourth-order valence-electron chi connectivity index (χ4n) is 3.10. The molecule has 0 aromatic heterocycles. The van der Waals surface area contributed by atoms with Crippen molar-refractivity contribution in [2.45, 2.75) is 24.8 Å². The molecule has 0 unspecified atom stereocenters. The summed E-state index contributed by atoms with van der Waals surface area (Å²) in [7, 11) is 0. The van der Waals surface area contributed by atoms with Crippen LogP contribution in [0.2, 0.25) is 0 Å². The molecule has 5 heteroatoms. The van der Waals surface area contributed by atoms with Gasteiger partial charge in [-0.3, -0.25) is 4.79 Å². The minimum atomic E-state index is -0.579. The SMILES string of the molecule is O=C(CCOc1ccccc1)NC1(c2cccc(F)c2)CCOCC1. The van der Waals surface area contributed by atoms with E-state index >= 15 is 0 Å². The summed E-state index contributed by atoms with van der Waals surface area (Å²) in [5.74, 6) is 0.327. The first-order valence-electron chi connectivity index (χ1n) is 8.51. The third kappa shape index (κ3) is 4.57. The molecule has 1 N–H and O–H groups in total. The molecular formula is C20H22FNO3. The predicted molar refractivity (Wildman–Crippen MR) is 92.8 cm³/mol. The average Bonchev–Trinajstić information content (AvgIpc) is 2.63. The van der Waals surface area contributed by atoms with Crippen molar-refractivity contribution >= 4 is 5.91 Å². The van der Waals surface area contributed by atoms with Crippen molar-refractivity contribution in [3.63, 3.8) is 0 Å². The maximum absolute atomic E-state index is 13.7. The van der Waals surface area contributed by atoms with Gasteiger partial charge in [-0.2, -0.15) is 0 Å². The second-order valence-corrected chi connectivity index (χ2v) is 6.16. The Morgan fingerprint density at radius 2 is 1.88 bits per heavy atom. The number of para-hydroxylation sites is 1. The molecule has 3 rings (SSSR count). The highest BCUT2D eigenvalue weighted by Crippen LogP contribution is 2.32. The second kappa shape index (κ2) is 8.12. The number of nitrogens with one attached hydrogen (secondary N) is 1. The van der Waals surface area contributed by atoms with Crippen LogP contribution in [-0.2, 0) is 15.1 Å². The molecule has 0 saturated carbocycles. The van der Waals surface area contributed by atoms with Gasteiger partial charge in [0.25, 0.3) is 0 Å². The van der Waals surface area contributed by atoms with Gasteiger partial charge in [0.1, 0.15) is 11.6 Å². The topological polar surface area (TPSA) is 47.6 Å². The Morgan fingerprint density at radius 1 is 1.12 bits per heavy atom. The number of benzene rings is 2. The average molecular weight is 343 g/mol. The molecule has 0 spiro atoms. The summed E-state index contributed by atoms with van der Waals surface area (Å²) < 4.78 is 24.7. The smallest absolute Gasteiger partial charge is 0.224 e. The fourth-order valence-corrected chi connectivity index (χ4v) is 3.10. The molecule has 0 radical (unpaired) electrons. The van der Waals surface area contributed by atoms with Crippen LogP contribution in [0.4, 0.5) is 4.39 Å². The largest absolute Gasteiger partial charge is 0.493 e. The van der Waals surface area contributed by atoms with Gasteiger partial charge in [0.2, 0.25) is 5.91 Å². The molecule has 1 fully saturated rings. The zero-order valence-electron chi connectivity index (χ0n) is 14.0. The molecule has 1 amide bonds. The molecule has 132 valence electrons. The van der Waals surface area contributed by atoms with Crippen LogP contribution < -0.4 is 10.1 Å². The number of carbonyl (C=O) groups is 1. The minimum absolute atomic E-state index is 0.109. The Labute approximate surface area is 147 Å². The zero-order chi connectivity index (χ0) is 17.5. The lowest BCUT2D eigenvalue weighted by Crippen LogP contribution is -2.49. The van der Waals surface area contributed by atoms with Crippen molar-refractivity contribution in [2.24, 2.45) is 0 Å². The highest BCUT2D eigenvalue weighted by atomic mass is 19.1. The standard InChI is InChI=1S/C20H22FNO3/c21-17-6-4-5-16(15-17)20(10-13-24-14-11-20)22-19(23)9-12-25-18-7-2-1-3-8-18/h1-8,15H,9-14H2,(H,22,23). The van der Waals surface area contributed by atoms with Crippen molar-refractivity contribution in [3.8, 4) is 5.75 Å². The summed E-state index contributed by atoms with van der Waals surface area (Å²) in [6, 6.07) is 15.8. The molecule has 1 heterocycles. The van der Waals surface area contributed by atoms with Crippen LogP contribution in [0.5, 0.6) is 5.75 Å². The first kappa shape index (κ1) is 17.4. The third-order valence-corrected chi connectivity index (χ3v) is 4.44. The van der Waals surface area contributed by atoms with Crippen molar-refractivity contribution < 1.29 is 18.7 Å². The van der Waals surface area contributed by atoms with E-state index in [-0.39, 0.29) is 18.1 Å². The molecule has 0 bridgehead atoms. The van der Waals surface area contributed by atoms with Gasteiger partial charge in [-0.05, 0) is 42.7 Å². The van der Waals surface area contributed by atoms with Crippen LogP contribution in [0.1, 0.15) is 24.8 Å². The van der Waals surface area contributed by atoms with E-state index in [1.54, 1.807) is 6.07 Å². The number of hydrogen-bond donors (Lipinski definition) is 1. The number of amides is 1. The van der Waals surface area contributed by atoms with Crippen molar-refractivity contribution in [2.75, 3.05) is 19.8 Å². The highest BCUT2D eigenvalue weighted by Gasteiger charge is 2.36. The van der Waals surface area contributed by atoms with E-state index in [9.17, 15) is 9.18 Å². The van der Waals surface area contributed by atoms with E-state index in [1.807, 2.05) is 36.4 Å². The number of halogens is 1. The maximum atomic E-state index is 13.7. The predicted octanol–water partition coefficient (Wildman–Crippen LogP) is 3.42. The molecule has 0 atom stereocenters. The number of carbonyl (C=O) groups excluding carboxylic acids is 1. The zero-order valence-corrected chi connectivity index (χ0v) is 14.0. The van der Waals surface area contributed by atoms with Crippen molar-refractivity contribution in [1.29, 1.82) is 0 Å². The van der Waals surface area contributed by atoms with Crippen LogP contribution in [0.3, 0.4) is 0 Å². The second-order valence-electron chi connectivity index (χ2n) is 6.16. The van der Waals surface area contributed by atoms with Gasteiger partial charge in [0, 0.05) is 13.2 Å². The van der Waals surface area contributed by atoms with E-state index in [4.69, 9.17) is 9.47 Å². The molecule has 4 nitrogen and oxygen atoms in total. The molecule has 1 aliphatic heterocycles. The summed E-state index contributed by atoms with van der Waals surface area (Å²) in [6.07, 6.45) is 1.50. The first-order chi connectivity index (χ1) is 12.2. The lowest BCUT2D eigenvalue weighted by atomic mass is 9.82. The summed E-state index contributed by atoms with van der Waals surface area (Å²) in [4.78, 5) is 12.4. The number of hydrogen-bond acceptors (Lipinski definition) is 3. The third-order valence-electron chi connectivity index (χ3n) is 4.44. The van der Waals surface area contributed by atoms with E-state index in [0.717, 1.165) is 11.3 Å². The molecular weight excluding hydrogens is 321 g/mol. The Hall–Kier alpha value is -2.40. The van der Waals surface area contributed by atoms with E-state index < -0.39 is 5.54 Å². The van der Waals surface area contributed by atoms with Gasteiger partial charge in [0.15, 0.2) is 0 Å². The fraction of sp³-hybridized carbons (Fsp3) is 0.350. The number of ether oxygens (including phenoxy) is 2. The maximum Gasteiger partial charge on any atom is 0.224 e. The van der Waals surface area contributed by atoms with E-state index in [2.05, 4.69) is 5.32 Å². The van der Waals surface area contributed by atoms with Gasteiger partial charge in [-0.25, -0.2) is 4.39 Å². The summed E-state index contributed by atoms with van der Waals surface area (Å²) >= 11 is 0. The quantitative estimate of drug-likeness (QED) is 0.874. The Morgan fingerprint density at radius 3 is 2.60 bits per heavy atom. The molecule has 25 heavy (non-hydrogen) atoms. The first-order valence-corrected chi connectivity index (χ1v) is 8.51. The van der Waals surface area contributed by atoms with Crippen LogP contribution in [0, 0.1) is 5.82 Å². The molecule has 0 aliphatic carbocycles. The Kier molecular flexibility index (Phi) is 5.66. The monoisotopic (exact) mass is 343 g/mol. The van der Waals surface area contributed by atoms with Crippen LogP contribution in [0.25, 0.3) is 0 Å². The molecule has 2 aromatic carbocycles. The van der Waals surface area contributed by atoms with Gasteiger partial charge in [-0.1, -0.05) is 30.3 Å². The minimum Gasteiger partial charge on any atom is -0.493 e. The van der Waals surface area contributed by atoms with E-state index in [1.165, 1.54) is 12.1 Å². The lowest BCUT2D eigenvalue weighted by molar-refractivity contribution is -0.125. The van der Waals surface area contributed by atoms with Gasteiger partial charge in [-0.15, -0.1) is 0 Å². The summed E-state index contributed by atoms with van der Waals surface area (Å²) in [6.45, 7) is 1.38. The normalized spacial score (nSPS) is 16.2. The van der Waals surface area contributed by atoms with E-state index in [0.29, 0.717) is 32.7 Å². The summed E-state index contributed by atoms with van der Waals surface area (Å²) in [5, 5.41) is 3.10. The van der Waals surface area contributed by atoms with Gasteiger partial charge >= 0.3 is 0 Å². The van der Waals surface area contributed by atoms with Gasteiger partial charge in [0.05, 0.1) is 18.6 Å². The Balaban J connectivity index is 1.63. The molecule has 2 aromatic rings. The van der Waals surface area contributed by atoms with Crippen LogP contribution >= 0.6 is 0 Å². The van der Waals surface area contributed by atoms with Crippen molar-refractivity contribution in [3.05, 3.63) is 66.0 Å². The van der Waals surface area contributed by atoms with Crippen LogP contribution in [-0.4, -0.2) is 25.7 Å². The molecule has 1 saturated heterocycles. The molecule has 1 aliphatic rings. The summed E-state index contributed by atoms with van der Waals surface area (Å²) in [5.41, 5.74) is 0.206. The number of rotatable bonds is 6. The van der Waals surface area contributed by atoms with Crippen LogP contribution in [0.15, 0.2) is 54.6 Å². The Bertz CT molecular complexity index is 699. The van der Waals surface area contributed by atoms with Crippen molar-refractivity contribution in [1.82, 2.24) is 5.32 Å². The van der Waals surface area contributed by atoms with Gasteiger partial charge < -0.3 is 14.8 Å².